The van der Waals surface area contributed by atoms with E-state index in [0.717, 1.165) is 0 Å². The van der Waals surface area contributed by atoms with E-state index in [-0.39, 0.29) is 12.5 Å². The van der Waals surface area contributed by atoms with Crippen LogP contribution in [-0.2, 0) is 4.79 Å². The lowest BCUT2D eigenvalue weighted by Crippen LogP contribution is -2.23. The van der Waals surface area contributed by atoms with Crippen LogP contribution < -0.4 is 5.32 Å². The van der Waals surface area contributed by atoms with Crippen LogP contribution in [0.5, 0.6) is 0 Å². The molecule has 0 spiro atoms. The smallest absolute Gasteiger partial charge is 0.221 e. The van der Waals surface area contributed by atoms with Gasteiger partial charge >= 0.3 is 0 Å². The normalized spacial score (nSPS) is 8.00. The number of hydrogen-bond acceptors (Lipinski definition) is 2. The highest BCUT2D eigenvalue weighted by Gasteiger charge is 1.95. The highest BCUT2D eigenvalue weighted by molar-refractivity contribution is 9.09. The van der Waals surface area contributed by atoms with E-state index in [4.69, 9.17) is 5.26 Å². The summed E-state index contributed by atoms with van der Waals surface area (Å²) in [5.74, 6) is -0.0894. The summed E-state index contributed by atoms with van der Waals surface area (Å²) >= 11 is 3.10. The molecule has 0 atom stereocenters. The van der Waals surface area contributed by atoms with Crippen LogP contribution in [0.2, 0.25) is 0 Å². The van der Waals surface area contributed by atoms with Gasteiger partial charge < -0.3 is 5.32 Å². The van der Waals surface area contributed by atoms with Gasteiger partial charge in [-0.1, -0.05) is 15.9 Å². The third-order valence-electron chi connectivity index (χ3n) is 0.686. The molecule has 0 bridgehead atoms. The Kier molecular flexibility index (Phi) is 5.23. The number of rotatable bonds is 3. The summed E-state index contributed by atoms with van der Waals surface area (Å²) in [6, 6.07) is 1.81. The molecule has 0 aliphatic carbocycles. The molecule has 0 aromatic heterocycles. The quantitative estimate of drug-likeness (QED) is 0.518. The van der Waals surface area contributed by atoms with Gasteiger partial charge in [0.1, 0.15) is 6.54 Å². The van der Waals surface area contributed by atoms with Gasteiger partial charge in [0.2, 0.25) is 5.91 Å². The lowest BCUT2D eigenvalue weighted by atomic mass is 10.4. The van der Waals surface area contributed by atoms with Crippen molar-refractivity contribution in [3.05, 3.63) is 0 Å². The Morgan fingerprint density at radius 1 is 1.78 bits per heavy atom. The second-order valence-corrected chi connectivity index (χ2v) is 2.17. The van der Waals surface area contributed by atoms with E-state index in [1.165, 1.54) is 0 Å². The molecule has 1 amide bonds. The fourth-order valence-corrected chi connectivity index (χ4v) is 0.672. The van der Waals surface area contributed by atoms with Gasteiger partial charge in [0, 0.05) is 11.8 Å². The van der Waals surface area contributed by atoms with Gasteiger partial charge in [0.15, 0.2) is 0 Å². The average Bonchev–Trinajstić information content (AvgIpc) is 1.85. The SMILES string of the molecule is N#CCNC(=O)CCBr. The molecule has 0 rings (SSSR count). The largest absolute Gasteiger partial charge is 0.343 e. The number of nitriles is 1. The topological polar surface area (TPSA) is 52.9 Å². The van der Waals surface area contributed by atoms with Gasteiger partial charge in [-0.15, -0.1) is 0 Å². The molecule has 1 N–H and O–H groups in total. The molecule has 0 unspecified atom stereocenters. The lowest BCUT2D eigenvalue weighted by molar-refractivity contribution is -0.120. The van der Waals surface area contributed by atoms with E-state index in [1.54, 1.807) is 0 Å². The zero-order valence-corrected chi connectivity index (χ0v) is 6.44. The van der Waals surface area contributed by atoms with Gasteiger partial charge in [-0.2, -0.15) is 5.26 Å². The molecule has 0 aromatic carbocycles. The van der Waals surface area contributed by atoms with Crippen LogP contribution in [0.25, 0.3) is 0 Å². The molecule has 0 aromatic rings. The summed E-state index contributed by atoms with van der Waals surface area (Å²) in [6.45, 7) is 0.103. The van der Waals surface area contributed by atoms with Gasteiger partial charge in [0.25, 0.3) is 0 Å². The minimum absolute atomic E-state index is 0.0894. The minimum atomic E-state index is -0.0894. The molecule has 0 radical (unpaired) electrons. The van der Waals surface area contributed by atoms with Crippen molar-refractivity contribution in [2.24, 2.45) is 0 Å². The molecule has 0 fully saturated rings. The zero-order valence-electron chi connectivity index (χ0n) is 4.85. The second kappa shape index (κ2) is 5.57. The predicted octanol–water partition coefficient (Wildman–Crippen LogP) is 0.411. The maximum absolute atomic E-state index is 10.5. The number of nitrogens with one attached hydrogen (secondary N) is 1. The van der Waals surface area contributed by atoms with Crippen LogP contribution in [0, 0.1) is 11.3 Å². The number of carbonyl (C=O) groups excluding carboxylic acids is 1. The summed E-state index contributed by atoms with van der Waals surface area (Å²) in [5, 5.41) is 11.1. The summed E-state index contributed by atoms with van der Waals surface area (Å²) < 4.78 is 0. The number of amides is 1. The molecule has 0 aliphatic heterocycles. The molecule has 9 heavy (non-hydrogen) atoms. The fourth-order valence-electron chi connectivity index (χ4n) is 0.312. The first-order valence-electron chi connectivity index (χ1n) is 2.51. The molecule has 0 aliphatic rings. The Bertz CT molecular complexity index is 129. The standard InChI is InChI=1S/C5H7BrN2O/c6-2-1-5(9)8-4-3-7/h1-2,4H2,(H,8,9). The highest BCUT2D eigenvalue weighted by atomic mass is 79.9. The number of halogens is 1. The first kappa shape index (κ1) is 8.44. The molecule has 3 nitrogen and oxygen atoms in total. The van der Waals surface area contributed by atoms with Crippen LogP contribution in [-0.4, -0.2) is 17.8 Å². The molecule has 0 heterocycles. The molecule has 0 saturated carbocycles. The number of alkyl halides is 1. The van der Waals surface area contributed by atoms with Crippen molar-refractivity contribution >= 4 is 21.8 Å². The van der Waals surface area contributed by atoms with Crippen LogP contribution in [0.1, 0.15) is 6.42 Å². The molecular formula is C5H7BrN2O. The van der Waals surface area contributed by atoms with E-state index >= 15 is 0 Å². The van der Waals surface area contributed by atoms with Gasteiger partial charge in [-0.25, -0.2) is 0 Å². The number of carbonyl (C=O) groups is 1. The van der Waals surface area contributed by atoms with Crippen molar-refractivity contribution in [1.82, 2.24) is 5.32 Å². The maximum atomic E-state index is 10.5. The Morgan fingerprint density at radius 2 is 2.44 bits per heavy atom. The molecule has 4 heteroatoms. The second-order valence-electron chi connectivity index (χ2n) is 1.37. The van der Waals surface area contributed by atoms with Crippen molar-refractivity contribution in [2.45, 2.75) is 6.42 Å². The Morgan fingerprint density at radius 3 is 2.89 bits per heavy atom. The van der Waals surface area contributed by atoms with Crippen molar-refractivity contribution < 1.29 is 4.79 Å². The van der Waals surface area contributed by atoms with E-state index in [2.05, 4.69) is 21.2 Å². The molecular weight excluding hydrogens is 184 g/mol. The van der Waals surface area contributed by atoms with Crippen LogP contribution in [0.3, 0.4) is 0 Å². The Labute approximate surface area is 62.2 Å². The fraction of sp³-hybridized carbons (Fsp3) is 0.600. The van der Waals surface area contributed by atoms with E-state index in [9.17, 15) is 4.79 Å². The van der Waals surface area contributed by atoms with Crippen molar-refractivity contribution in [2.75, 3.05) is 11.9 Å². The summed E-state index contributed by atoms with van der Waals surface area (Å²) in [5.41, 5.74) is 0. The third-order valence-corrected chi connectivity index (χ3v) is 1.08. The zero-order chi connectivity index (χ0) is 7.11. The van der Waals surface area contributed by atoms with Crippen molar-refractivity contribution in [3.8, 4) is 6.07 Å². The summed E-state index contributed by atoms with van der Waals surface area (Å²) in [6.07, 6.45) is 0.432. The summed E-state index contributed by atoms with van der Waals surface area (Å²) in [7, 11) is 0. The maximum Gasteiger partial charge on any atom is 0.221 e. The minimum Gasteiger partial charge on any atom is -0.343 e. The summed E-state index contributed by atoms with van der Waals surface area (Å²) in [4.78, 5) is 10.5. The van der Waals surface area contributed by atoms with E-state index in [0.29, 0.717) is 11.8 Å². The van der Waals surface area contributed by atoms with Crippen LogP contribution >= 0.6 is 15.9 Å². The average molecular weight is 191 g/mol. The number of hydrogen-bond donors (Lipinski definition) is 1. The van der Waals surface area contributed by atoms with Crippen LogP contribution in [0.4, 0.5) is 0 Å². The Hall–Kier alpha value is -0.560. The number of nitrogens with zero attached hydrogens (tertiary/aromatic N) is 1. The molecule has 0 saturated heterocycles. The van der Waals surface area contributed by atoms with Crippen LogP contribution in [0.15, 0.2) is 0 Å². The van der Waals surface area contributed by atoms with Crippen molar-refractivity contribution in [1.29, 1.82) is 5.26 Å². The molecule has 50 valence electrons. The monoisotopic (exact) mass is 190 g/mol. The van der Waals surface area contributed by atoms with Crippen molar-refractivity contribution in [3.63, 3.8) is 0 Å². The van der Waals surface area contributed by atoms with Gasteiger partial charge in [0.05, 0.1) is 6.07 Å². The first-order chi connectivity index (χ1) is 4.31. The van der Waals surface area contributed by atoms with Gasteiger partial charge in [-0.05, 0) is 0 Å². The Balaban J connectivity index is 3.19. The first-order valence-corrected chi connectivity index (χ1v) is 3.63. The third kappa shape index (κ3) is 5.31. The highest BCUT2D eigenvalue weighted by Crippen LogP contribution is 1.85. The van der Waals surface area contributed by atoms with E-state index < -0.39 is 0 Å². The van der Waals surface area contributed by atoms with E-state index in [1.807, 2.05) is 6.07 Å². The lowest BCUT2D eigenvalue weighted by Gasteiger charge is -1.94. The van der Waals surface area contributed by atoms with Gasteiger partial charge in [-0.3, -0.25) is 4.79 Å². The predicted molar refractivity (Wildman–Crippen MR) is 37.0 cm³/mol.